The van der Waals surface area contributed by atoms with Crippen molar-refractivity contribution in [3.8, 4) is 0 Å². The molecular formula is C18H22N4O10-2. The number of nitrogens with one attached hydrogen (secondary N) is 2. The predicted molar refractivity (Wildman–Crippen MR) is 102 cm³/mol. The van der Waals surface area contributed by atoms with E-state index in [0.29, 0.717) is 0 Å². The lowest BCUT2D eigenvalue weighted by atomic mass is 10.3. The Balaban J connectivity index is 1.50. The highest BCUT2D eigenvalue weighted by Crippen LogP contribution is 2.16. The first-order valence-electron chi connectivity index (χ1n) is 9.73. The molecule has 0 aromatic carbocycles. The summed E-state index contributed by atoms with van der Waals surface area (Å²) in [6, 6.07) is -1.98. The molecule has 0 saturated heterocycles. The maximum absolute atomic E-state index is 12.0. The fraction of sp³-hybridized carbons (Fsp3) is 0.556. The summed E-state index contributed by atoms with van der Waals surface area (Å²) in [7, 11) is 0. The summed E-state index contributed by atoms with van der Waals surface area (Å²) in [6.07, 6.45) is 2.57. The maximum Gasteiger partial charge on any atom is 0.352 e. The number of carbonyl (C=O) groups excluding carboxylic acids is 4. The van der Waals surface area contributed by atoms with E-state index in [4.69, 9.17) is 28.4 Å². The van der Waals surface area contributed by atoms with Gasteiger partial charge in [-0.25, -0.2) is 9.59 Å². The van der Waals surface area contributed by atoms with Gasteiger partial charge in [-0.15, -0.1) is 0 Å². The van der Waals surface area contributed by atoms with Crippen LogP contribution in [-0.2, 0) is 47.6 Å². The summed E-state index contributed by atoms with van der Waals surface area (Å²) < 4.78 is 30.5. The molecule has 0 aliphatic carbocycles. The second-order valence-corrected chi connectivity index (χ2v) is 6.36. The lowest BCUT2D eigenvalue weighted by Crippen LogP contribution is -2.23. The molecule has 0 spiro atoms. The smallest absolute Gasteiger partial charge is 0.352 e. The molecule has 3 aliphatic rings. The van der Waals surface area contributed by atoms with Gasteiger partial charge in [0.1, 0.15) is 26.4 Å². The van der Waals surface area contributed by atoms with Crippen molar-refractivity contribution >= 4 is 23.9 Å². The lowest BCUT2D eigenvalue weighted by molar-refractivity contribution is -0.146. The van der Waals surface area contributed by atoms with Crippen molar-refractivity contribution in [1.82, 2.24) is 10.9 Å². The Bertz CT molecular complexity index is 720. The second-order valence-electron chi connectivity index (χ2n) is 6.36. The molecule has 176 valence electrons. The van der Waals surface area contributed by atoms with Crippen LogP contribution in [0.5, 0.6) is 0 Å². The van der Waals surface area contributed by atoms with Crippen molar-refractivity contribution in [2.24, 2.45) is 0 Å². The van der Waals surface area contributed by atoms with Gasteiger partial charge in [-0.2, -0.15) is 0 Å². The molecule has 14 nitrogen and oxygen atoms in total. The minimum absolute atomic E-state index is 0.00903. The molecule has 2 unspecified atom stereocenters. The lowest BCUT2D eigenvalue weighted by Gasteiger charge is -2.21. The number of hydrogen-bond donors (Lipinski definition) is 2. The van der Waals surface area contributed by atoms with E-state index in [1.54, 1.807) is 0 Å². The first-order valence-corrected chi connectivity index (χ1v) is 9.73. The molecule has 3 rings (SSSR count). The Morgan fingerprint density at radius 1 is 0.594 bits per heavy atom. The van der Waals surface area contributed by atoms with E-state index in [-0.39, 0.29) is 64.2 Å². The van der Waals surface area contributed by atoms with Gasteiger partial charge in [0.15, 0.2) is 0 Å². The van der Waals surface area contributed by atoms with E-state index in [1.165, 1.54) is 12.2 Å². The number of cyclic esters (lactones) is 4. The minimum Gasteiger partial charge on any atom is -0.555 e. The molecule has 0 saturated carbocycles. The van der Waals surface area contributed by atoms with Crippen LogP contribution in [0.25, 0.3) is 10.9 Å². The van der Waals surface area contributed by atoms with Crippen LogP contribution in [0, 0.1) is 0 Å². The van der Waals surface area contributed by atoms with E-state index < -0.39 is 36.0 Å². The molecule has 14 heteroatoms. The summed E-state index contributed by atoms with van der Waals surface area (Å²) in [5, 5.41) is 0. The van der Waals surface area contributed by atoms with Gasteiger partial charge in [-0.05, 0) is 0 Å². The average molecular weight is 454 g/mol. The van der Waals surface area contributed by atoms with Crippen molar-refractivity contribution in [3.63, 3.8) is 0 Å². The molecule has 0 radical (unpaired) electrons. The predicted octanol–water partition coefficient (Wildman–Crippen LogP) is -1.51. The summed E-state index contributed by atoms with van der Waals surface area (Å²) in [6.45, 7) is 0.00825. The molecular weight excluding hydrogens is 432 g/mol. The van der Waals surface area contributed by atoms with Crippen molar-refractivity contribution in [1.29, 1.82) is 0 Å². The van der Waals surface area contributed by atoms with E-state index in [9.17, 15) is 19.2 Å². The van der Waals surface area contributed by atoms with Gasteiger partial charge in [0, 0.05) is 12.1 Å². The van der Waals surface area contributed by atoms with Gasteiger partial charge in [-0.1, -0.05) is 12.2 Å². The van der Waals surface area contributed by atoms with E-state index >= 15 is 0 Å². The van der Waals surface area contributed by atoms with Crippen LogP contribution in [0.3, 0.4) is 0 Å². The van der Waals surface area contributed by atoms with E-state index in [2.05, 4.69) is 21.7 Å². The van der Waals surface area contributed by atoms with Crippen LogP contribution >= 0.6 is 0 Å². The summed E-state index contributed by atoms with van der Waals surface area (Å²) in [5.41, 5.74) is 12.5. The third kappa shape index (κ3) is 6.91. The highest BCUT2D eigenvalue weighted by Gasteiger charge is 2.20. The third-order valence-electron chi connectivity index (χ3n) is 4.09. The van der Waals surface area contributed by atoms with Crippen molar-refractivity contribution in [3.05, 3.63) is 34.4 Å². The molecule has 2 atom stereocenters. The van der Waals surface area contributed by atoms with Crippen LogP contribution in [0.2, 0.25) is 0 Å². The van der Waals surface area contributed by atoms with Gasteiger partial charge >= 0.3 is 11.9 Å². The van der Waals surface area contributed by atoms with Gasteiger partial charge in [0.05, 0.1) is 37.8 Å². The average Bonchev–Trinajstić information content (AvgIpc) is 3.47. The maximum atomic E-state index is 12.0. The van der Waals surface area contributed by atoms with Crippen molar-refractivity contribution in [2.45, 2.75) is 12.1 Å². The highest BCUT2D eigenvalue weighted by atomic mass is 16.6. The van der Waals surface area contributed by atoms with Crippen molar-refractivity contribution in [2.75, 3.05) is 52.9 Å². The molecule has 32 heavy (non-hydrogen) atoms. The van der Waals surface area contributed by atoms with Crippen LogP contribution in [-0.4, -0.2) is 88.8 Å². The molecule has 0 aromatic heterocycles. The summed E-state index contributed by atoms with van der Waals surface area (Å²) >= 11 is 0. The third-order valence-corrected chi connectivity index (χ3v) is 4.09. The number of fused-ring (bicyclic) bond motifs is 2. The largest absolute Gasteiger partial charge is 0.555 e. The fourth-order valence-corrected chi connectivity index (χ4v) is 2.53. The number of rotatable bonds is 0. The number of carbonyl (C=O) groups is 4. The Hall–Kier alpha value is -3.20. The highest BCUT2D eigenvalue weighted by molar-refractivity contribution is 5.93. The molecule has 4 bridgehead atoms. The molecule has 3 aliphatic heterocycles. The number of esters is 4. The van der Waals surface area contributed by atoms with Crippen LogP contribution in [0.15, 0.2) is 23.5 Å². The molecule has 0 amide bonds. The first-order chi connectivity index (χ1) is 15.5. The molecule has 3 heterocycles. The Kier molecular flexibility index (Phi) is 8.79. The van der Waals surface area contributed by atoms with Crippen LogP contribution in [0.4, 0.5) is 0 Å². The number of nitrogens with zero attached hydrogens (tertiary/aromatic N) is 2. The SMILES string of the molecule is O=C1OCCOCCOC(=O)C2C=C(N[N-]2)C(=O)OCCOCCOC(=O)C2C=C1N[N-]2. The van der Waals surface area contributed by atoms with Gasteiger partial charge in [-0.3, -0.25) is 9.59 Å². The van der Waals surface area contributed by atoms with Gasteiger partial charge in [0.25, 0.3) is 11.9 Å². The van der Waals surface area contributed by atoms with Crippen LogP contribution in [0.1, 0.15) is 0 Å². The second kappa shape index (κ2) is 12.0. The zero-order valence-electron chi connectivity index (χ0n) is 16.9. The van der Waals surface area contributed by atoms with Crippen LogP contribution < -0.4 is 10.9 Å². The minimum atomic E-state index is -0.989. The molecule has 2 N–H and O–H groups in total. The first kappa shape index (κ1) is 23.5. The van der Waals surface area contributed by atoms with E-state index in [1.807, 2.05) is 0 Å². The topological polar surface area (TPSA) is 176 Å². The molecule has 0 aromatic rings. The van der Waals surface area contributed by atoms with E-state index in [0.717, 1.165) is 0 Å². The van der Waals surface area contributed by atoms with Gasteiger partial charge < -0.3 is 50.1 Å². The summed E-state index contributed by atoms with van der Waals surface area (Å²) in [5.74, 6) is -2.74. The normalized spacial score (nSPS) is 26.8. The fourth-order valence-electron chi connectivity index (χ4n) is 2.53. The monoisotopic (exact) mass is 454 g/mol. The van der Waals surface area contributed by atoms with Gasteiger partial charge in [0.2, 0.25) is 0 Å². The quantitative estimate of drug-likeness (QED) is 0.320. The standard InChI is InChI=1S/C18H22N4O10/c23-15-11-9-12(20-19-11)17(25)31-7-3-28-4-8-32-18(26)14-10-13(21-22-14)16(24)30-6-2-27-1-5-29-15/h9-11,14,20-21H,1-8H2/q-2. The van der Waals surface area contributed by atoms with Crippen molar-refractivity contribution < 1.29 is 47.6 Å². The Morgan fingerprint density at radius 2 is 0.969 bits per heavy atom. The Labute approximate surface area is 182 Å². The number of hydrogen-bond acceptors (Lipinski definition) is 12. The molecule has 0 fully saturated rings. The Morgan fingerprint density at radius 3 is 1.38 bits per heavy atom. The summed E-state index contributed by atoms with van der Waals surface area (Å²) in [4.78, 5) is 47.9. The zero-order valence-corrected chi connectivity index (χ0v) is 16.9. The zero-order chi connectivity index (χ0) is 22.8. The number of ether oxygens (including phenoxy) is 6.